The molecule has 2 rings (SSSR count). The highest BCUT2D eigenvalue weighted by molar-refractivity contribution is 6.31. The lowest BCUT2D eigenvalue weighted by Crippen LogP contribution is -2.19. The minimum absolute atomic E-state index is 0.105. The summed E-state index contributed by atoms with van der Waals surface area (Å²) < 4.78 is 4.69. The van der Waals surface area contributed by atoms with E-state index in [0.717, 1.165) is 19.5 Å². The molecular formula is C14H17ClN2O3. The van der Waals surface area contributed by atoms with Crippen molar-refractivity contribution < 1.29 is 14.3 Å². The average molecular weight is 297 g/mol. The van der Waals surface area contributed by atoms with E-state index in [2.05, 4.69) is 15.4 Å². The zero-order chi connectivity index (χ0) is 14.5. The van der Waals surface area contributed by atoms with E-state index in [-0.39, 0.29) is 11.5 Å². The highest BCUT2D eigenvalue weighted by atomic mass is 35.5. The molecule has 1 atom stereocenters. The van der Waals surface area contributed by atoms with E-state index in [0.29, 0.717) is 23.0 Å². The van der Waals surface area contributed by atoms with E-state index in [4.69, 9.17) is 11.6 Å². The first-order valence-corrected chi connectivity index (χ1v) is 6.86. The number of benzene rings is 1. The van der Waals surface area contributed by atoms with E-state index in [1.54, 1.807) is 12.1 Å². The summed E-state index contributed by atoms with van der Waals surface area (Å²) in [4.78, 5) is 23.7. The van der Waals surface area contributed by atoms with Gasteiger partial charge in [-0.05, 0) is 43.6 Å². The monoisotopic (exact) mass is 296 g/mol. The fourth-order valence-corrected chi connectivity index (χ4v) is 2.43. The van der Waals surface area contributed by atoms with Gasteiger partial charge in [0.25, 0.3) is 0 Å². The minimum atomic E-state index is -0.523. The fraction of sp³-hybridized carbons (Fsp3) is 0.429. The van der Waals surface area contributed by atoms with Crippen molar-refractivity contribution in [2.45, 2.75) is 12.8 Å². The van der Waals surface area contributed by atoms with Crippen LogP contribution in [0.1, 0.15) is 23.2 Å². The second-order valence-electron chi connectivity index (χ2n) is 4.79. The SMILES string of the molecule is COC(=O)c1cc(Cl)ccc1NC(=O)CC1CCNC1. The molecule has 1 aliphatic rings. The van der Waals surface area contributed by atoms with Gasteiger partial charge in [0.1, 0.15) is 0 Å². The number of rotatable bonds is 4. The quantitative estimate of drug-likeness (QED) is 0.835. The van der Waals surface area contributed by atoms with Crippen molar-refractivity contribution in [2.75, 3.05) is 25.5 Å². The summed E-state index contributed by atoms with van der Waals surface area (Å²) in [6, 6.07) is 4.72. The second kappa shape index (κ2) is 6.72. The lowest BCUT2D eigenvalue weighted by Gasteiger charge is -2.12. The van der Waals surface area contributed by atoms with Crippen LogP contribution in [0, 0.1) is 5.92 Å². The molecule has 1 aliphatic heterocycles. The van der Waals surface area contributed by atoms with Gasteiger partial charge in [0.15, 0.2) is 0 Å². The van der Waals surface area contributed by atoms with Gasteiger partial charge in [0.05, 0.1) is 18.4 Å². The zero-order valence-electron chi connectivity index (χ0n) is 11.2. The van der Waals surface area contributed by atoms with Gasteiger partial charge < -0.3 is 15.4 Å². The predicted octanol–water partition coefficient (Wildman–Crippen LogP) is 2.06. The van der Waals surface area contributed by atoms with Crippen LogP contribution in [0.15, 0.2) is 18.2 Å². The predicted molar refractivity (Wildman–Crippen MR) is 77.0 cm³/mol. The number of nitrogens with one attached hydrogen (secondary N) is 2. The summed E-state index contributed by atoms with van der Waals surface area (Å²) in [6.07, 6.45) is 1.44. The van der Waals surface area contributed by atoms with Crippen LogP contribution in [0.4, 0.5) is 5.69 Å². The molecule has 1 amide bonds. The Morgan fingerprint density at radius 2 is 2.30 bits per heavy atom. The summed E-state index contributed by atoms with van der Waals surface area (Å²) >= 11 is 5.86. The Labute approximate surface area is 122 Å². The van der Waals surface area contributed by atoms with Crippen LogP contribution in [-0.2, 0) is 9.53 Å². The highest BCUT2D eigenvalue weighted by Crippen LogP contribution is 2.22. The summed E-state index contributed by atoms with van der Waals surface area (Å²) in [7, 11) is 1.29. The Balaban J connectivity index is 2.07. The van der Waals surface area contributed by atoms with E-state index >= 15 is 0 Å². The van der Waals surface area contributed by atoms with Crippen LogP contribution in [0.25, 0.3) is 0 Å². The molecule has 0 aliphatic carbocycles. The van der Waals surface area contributed by atoms with Crippen molar-refractivity contribution in [3.63, 3.8) is 0 Å². The third-order valence-corrected chi connectivity index (χ3v) is 3.53. The van der Waals surface area contributed by atoms with Gasteiger partial charge in [0, 0.05) is 11.4 Å². The molecule has 0 bridgehead atoms. The van der Waals surface area contributed by atoms with Crippen LogP contribution in [-0.4, -0.2) is 32.1 Å². The third kappa shape index (κ3) is 3.71. The number of amides is 1. The van der Waals surface area contributed by atoms with Crippen molar-refractivity contribution in [1.29, 1.82) is 0 Å². The van der Waals surface area contributed by atoms with Crippen molar-refractivity contribution in [2.24, 2.45) is 5.92 Å². The molecule has 108 valence electrons. The first kappa shape index (κ1) is 14.8. The van der Waals surface area contributed by atoms with E-state index < -0.39 is 5.97 Å². The first-order valence-electron chi connectivity index (χ1n) is 6.48. The minimum Gasteiger partial charge on any atom is -0.465 e. The van der Waals surface area contributed by atoms with Gasteiger partial charge >= 0.3 is 5.97 Å². The zero-order valence-corrected chi connectivity index (χ0v) is 12.0. The molecule has 1 aromatic carbocycles. The van der Waals surface area contributed by atoms with E-state index in [9.17, 15) is 9.59 Å². The van der Waals surface area contributed by atoms with Gasteiger partial charge in [-0.3, -0.25) is 4.79 Å². The smallest absolute Gasteiger partial charge is 0.340 e. The number of carbonyl (C=O) groups is 2. The molecule has 1 heterocycles. The van der Waals surface area contributed by atoms with Gasteiger partial charge in [-0.15, -0.1) is 0 Å². The molecule has 0 spiro atoms. The van der Waals surface area contributed by atoms with Crippen LogP contribution < -0.4 is 10.6 Å². The van der Waals surface area contributed by atoms with Crippen molar-refractivity contribution in [1.82, 2.24) is 5.32 Å². The van der Waals surface area contributed by atoms with Crippen molar-refractivity contribution in [3.8, 4) is 0 Å². The topological polar surface area (TPSA) is 67.4 Å². The van der Waals surface area contributed by atoms with Gasteiger partial charge in [0.2, 0.25) is 5.91 Å². The van der Waals surface area contributed by atoms with E-state index in [1.807, 2.05) is 0 Å². The molecule has 5 nitrogen and oxygen atoms in total. The lowest BCUT2D eigenvalue weighted by atomic mass is 10.0. The first-order chi connectivity index (χ1) is 9.60. The van der Waals surface area contributed by atoms with Crippen LogP contribution in [0.2, 0.25) is 5.02 Å². The number of ether oxygens (including phenoxy) is 1. The Hall–Kier alpha value is -1.59. The number of carbonyl (C=O) groups excluding carboxylic acids is 2. The number of esters is 1. The number of methoxy groups -OCH3 is 1. The molecule has 2 N–H and O–H groups in total. The Bertz CT molecular complexity index is 513. The summed E-state index contributed by atoms with van der Waals surface area (Å²) in [6.45, 7) is 1.81. The van der Waals surface area contributed by atoms with Gasteiger partial charge in [-0.2, -0.15) is 0 Å². The van der Waals surface area contributed by atoms with Crippen molar-refractivity contribution in [3.05, 3.63) is 28.8 Å². The lowest BCUT2D eigenvalue weighted by molar-refractivity contribution is -0.116. The average Bonchev–Trinajstić information content (AvgIpc) is 2.92. The maximum absolute atomic E-state index is 12.0. The summed E-state index contributed by atoms with van der Waals surface area (Å²) in [5.74, 6) is -0.277. The summed E-state index contributed by atoms with van der Waals surface area (Å²) in [5.41, 5.74) is 0.690. The number of halogens is 1. The van der Waals surface area contributed by atoms with Crippen LogP contribution in [0.3, 0.4) is 0 Å². The van der Waals surface area contributed by atoms with Crippen LogP contribution in [0.5, 0.6) is 0 Å². The molecule has 1 aromatic rings. The molecular weight excluding hydrogens is 280 g/mol. The molecule has 1 saturated heterocycles. The second-order valence-corrected chi connectivity index (χ2v) is 5.23. The third-order valence-electron chi connectivity index (χ3n) is 3.30. The molecule has 0 aromatic heterocycles. The normalized spacial score (nSPS) is 17.8. The van der Waals surface area contributed by atoms with Crippen molar-refractivity contribution >= 4 is 29.2 Å². The molecule has 0 saturated carbocycles. The van der Waals surface area contributed by atoms with Crippen LogP contribution >= 0.6 is 11.6 Å². The van der Waals surface area contributed by atoms with Gasteiger partial charge in [-0.25, -0.2) is 4.79 Å². The largest absolute Gasteiger partial charge is 0.465 e. The summed E-state index contributed by atoms with van der Waals surface area (Å²) in [5, 5.41) is 6.39. The molecule has 6 heteroatoms. The Kier molecular flexibility index (Phi) is 4.98. The maximum Gasteiger partial charge on any atom is 0.340 e. The van der Waals surface area contributed by atoms with Gasteiger partial charge in [-0.1, -0.05) is 11.6 Å². The Morgan fingerprint density at radius 1 is 1.50 bits per heavy atom. The fourth-order valence-electron chi connectivity index (χ4n) is 2.26. The highest BCUT2D eigenvalue weighted by Gasteiger charge is 2.20. The molecule has 1 unspecified atom stereocenters. The standard InChI is InChI=1S/C14H17ClN2O3/c1-20-14(19)11-7-10(15)2-3-12(11)17-13(18)6-9-4-5-16-8-9/h2-3,7,9,16H,4-6,8H2,1H3,(H,17,18). The van der Waals surface area contributed by atoms with E-state index in [1.165, 1.54) is 13.2 Å². The Morgan fingerprint density at radius 3 is 2.95 bits per heavy atom. The number of hydrogen-bond donors (Lipinski definition) is 2. The number of anilines is 1. The molecule has 0 radical (unpaired) electrons. The molecule has 20 heavy (non-hydrogen) atoms. The molecule has 1 fully saturated rings. The maximum atomic E-state index is 12.0. The number of hydrogen-bond acceptors (Lipinski definition) is 4.